The number of tetrazole rings is 1. The number of H-pyrrole nitrogens is 1. The highest BCUT2D eigenvalue weighted by atomic mass is 19.1. The fourth-order valence-electron chi connectivity index (χ4n) is 4.24. The number of anilines is 1. The van der Waals surface area contributed by atoms with Crippen molar-refractivity contribution >= 4 is 16.7 Å². The Morgan fingerprint density at radius 1 is 1.03 bits per heavy atom. The molecule has 2 aromatic heterocycles. The molecule has 0 saturated heterocycles. The van der Waals surface area contributed by atoms with E-state index in [0.29, 0.717) is 27.8 Å². The number of aromatic nitrogens is 4. The van der Waals surface area contributed by atoms with Gasteiger partial charge in [-0.15, -0.1) is 10.2 Å². The van der Waals surface area contributed by atoms with Crippen molar-refractivity contribution in [3.05, 3.63) is 93.1 Å². The molecule has 2 heterocycles. The van der Waals surface area contributed by atoms with E-state index in [1.165, 1.54) is 12.1 Å². The van der Waals surface area contributed by atoms with Crippen LogP contribution in [-0.2, 0) is 0 Å². The summed E-state index contributed by atoms with van der Waals surface area (Å²) in [5.74, 6) is -0.712. The normalized spacial score (nSPS) is 12.1. The third-order valence-corrected chi connectivity index (χ3v) is 5.93. The third kappa shape index (κ3) is 3.95. The summed E-state index contributed by atoms with van der Waals surface area (Å²) in [7, 11) is 0. The number of aromatic amines is 1. The summed E-state index contributed by atoms with van der Waals surface area (Å²) in [6, 6.07) is 14.0. The fourth-order valence-corrected chi connectivity index (χ4v) is 4.24. The topological polar surface area (TPSA) is 96.7 Å². The quantitative estimate of drug-likeness (QED) is 0.340. The van der Waals surface area contributed by atoms with Crippen LogP contribution in [0.3, 0.4) is 0 Å². The summed E-state index contributed by atoms with van der Waals surface area (Å²) in [6.07, 6.45) is 0. The van der Waals surface area contributed by atoms with Gasteiger partial charge in [-0.05, 0) is 61.9 Å². The van der Waals surface area contributed by atoms with Gasteiger partial charge < -0.3 is 9.73 Å². The number of aryl methyl sites for hydroxylation is 1. The van der Waals surface area contributed by atoms with E-state index in [4.69, 9.17) is 4.42 Å². The van der Waals surface area contributed by atoms with E-state index in [9.17, 15) is 13.6 Å². The molecule has 0 aliphatic rings. The first-order valence-corrected chi connectivity index (χ1v) is 11.0. The minimum absolute atomic E-state index is 0.107. The smallest absolute Gasteiger partial charge is 0.209 e. The number of rotatable bonds is 5. The first-order valence-electron chi connectivity index (χ1n) is 11.0. The van der Waals surface area contributed by atoms with E-state index in [2.05, 4.69) is 25.9 Å². The molecule has 5 aromatic rings. The Hall–Kier alpha value is -4.40. The van der Waals surface area contributed by atoms with Gasteiger partial charge >= 0.3 is 0 Å². The molecule has 0 amide bonds. The van der Waals surface area contributed by atoms with Crippen molar-refractivity contribution in [1.29, 1.82) is 0 Å². The Bertz CT molecular complexity index is 1610. The van der Waals surface area contributed by atoms with Gasteiger partial charge in [0.15, 0.2) is 5.43 Å². The van der Waals surface area contributed by atoms with E-state index in [0.717, 1.165) is 5.56 Å². The standard InChI is InChI=1S/C26H21F2N5O2/c1-13-11-17(15(3)29-21-10-6-9-20(28)22(21)26-30-32-33-31-26)25-18(12-13)23(34)14(2)24(35-25)16-7-4-5-8-19(16)27/h4-12,15,29H,1-3H3,(H,30,31,32,33). The third-order valence-electron chi connectivity index (χ3n) is 5.93. The molecule has 176 valence electrons. The van der Waals surface area contributed by atoms with Crippen LogP contribution >= 0.6 is 0 Å². The second-order valence-corrected chi connectivity index (χ2v) is 8.36. The highest BCUT2D eigenvalue weighted by Gasteiger charge is 2.22. The van der Waals surface area contributed by atoms with Crippen LogP contribution in [0.2, 0.25) is 0 Å². The summed E-state index contributed by atoms with van der Waals surface area (Å²) < 4.78 is 35.5. The van der Waals surface area contributed by atoms with Gasteiger partial charge in [0.05, 0.1) is 22.6 Å². The van der Waals surface area contributed by atoms with Gasteiger partial charge in [0.2, 0.25) is 5.82 Å². The number of fused-ring (bicyclic) bond motifs is 1. The SMILES string of the molecule is Cc1cc(C(C)Nc2cccc(F)c2-c2nn[nH]n2)c2oc(-c3ccccc3F)c(C)c(=O)c2c1. The zero-order valence-corrected chi connectivity index (χ0v) is 19.2. The van der Waals surface area contributed by atoms with Crippen LogP contribution in [0.4, 0.5) is 14.5 Å². The zero-order chi connectivity index (χ0) is 24.7. The molecule has 0 spiro atoms. The molecule has 35 heavy (non-hydrogen) atoms. The predicted octanol–water partition coefficient (Wildman–Crippen LogP) is 5.71. The Kier molecular flexibility index (Phi) is 5.60. The minimum atomic E-state index is -0.512. The first-order chi connectivity index (χ1) is 16.8. The van der Waals surface area contributed by atoms with Crippen molar-refractivity contribution in [3.63, 3.8) is 0 Å². The molecule has 1 atom stereocenters. The van der Waals surface area contributed by atoms with Crippen molar-refractivity contribution < 1.29 is 13.2 Å². The van der Waals surface area contributed by atoms with Crippen LogP contribution < -0.4 is 10.7 Å². The van der Waals surface area contributed by atoms with Gasteiger partial charge in [-0.2, -0.15) is 5.21 Å². The Morgan fingerprint density at radius 3 is 2.54 bits per heavy atom. The van der Waals surface area contributed by atoms with Gasteiger partial charge in [0.1, 0.15) is 23.0 Å². The average Bonchev–Trinajstić information content (AvgIpc) is 3.36. The first kappa shape index (κ1) is 22.4. The lowest BCUT2D eigenvalue weighted by atomic mass is 9.98. The molecule has 0 fully saturated rings. The monoisotopic (exact) mass is 473 g/mol. The van der Waals surface area contributed by atoms with E-state index >= 15 is 0 Å². The number of benzene rings is 3. The van der Waals surface area contributed by atoms with Crippen molar-refractivity contribution in [3.8, 4) is 22.7 Å². The predicted molar refractivity (Wildman–Crippen MR) is 129 cm³/mol. The second-order valence-electron chi connectivity index (χ2n) is 8.36. The number of hydrogen-bond acceptors (Lipinski definition) is 6. The Balaban J connectivity index is 1.67. The highest BCUT2D eigenvalue weighted by Crippen LogP contribution is 2.35. The van der Waals surface area contributed by atoms with Crippen LogP contribution in [-0.4, -0.2) is 20.6 Å². The summed E-state index contributed by atoms with van der Waals surface area (Å²) in [5.41, 5.74) is 2.75. The Labute approximate surface area is 198 Å². The molecular formula is C26H21F2N5O2. The molecule has 1 unspecified atom stereocenters. The molecule has 2 N–H and O–H groups in total. The Morgan fingerprint density at radius 2 is 1.80 bits per heavy atom. The molecule has 9 heteroatoms. The lowest BCUT2D eigenvalue weighted by molar-refractivity contribution is 0.586. The molecule has 0 aliphatic heterocycles. The zero-order valence-electron chi connectivity index (χ0n) is 19.2. The lowest BCUT2D eigenvalue weighted by Gasteiger charge is -2.20. The largest absolute Gasteiger partial charge is 0.455 e. The van der Waals surface area contributed by atoms with E-state index in [1.807, 2.05) is 19.9 Å². The van der Waals surface area contributed by atoms with Gasteiger partial charge in [-0.1, -0.05) is 24.3 Å². The number of hydrogen-bond donors (Lipinski definition) is 2. The summed E-state index contributed by atoms with van der Waals surface area (Å²) in [5, 5.41) is 17.3. The molecule has 7 nitrogen and oxygen atoms in total. The van der Waals surface area contributed by atoms with Crippen molar-refractivity contribution in [1.82, 2.24) is 20.6 Å². The molecule has 0 saturated carbocycles. The maximum absolute atomic E-state index is 14.7. The van der Waals surface area contributed by atoms with Gasteiger partial charge in [0.25, 0.3) is 0 Å². The summed E-state index contributed by atoms with van der Waals surface area (Å²) in [6.45, 7) is 5.37. The van der Waals surface area contributed by atoms with Gasteiger partial charge in [-0.3, -0.25) is 4.79 Å². The molecule has 0 bridgehead atoms. The molecular weight excluding hydrogens is 452 g/mol. The van der Waals surface area contributed by atoms with E-state index < -0.39 is 17.7 Å². The minimum Gasteiger partial charge on any atom is -0.455 e. The molecule has 3 aromatic carbocycles. The maximum Gasteiger partial charge on any atom is 0.209 e. The average molecular weight is 473 g/mol. The van der Waals surface area contributed by atoms with E-state index in [1.54, 1.807) is 43.3 Å². The van der Waals surface area contributed by atoms with Crippen LogP contribution in [0, 0.1) is 25.5 Å². The van der Waals surface area contributed by atoms with Crippen molar-refractivity contribution in [2.24, 2.45) is 0 Å². The summed E-state index contributed by atoms with van der Waals surface area (Å²) in [4.78, 5) is 13.3. The summed E-state index contributed by atoms with van der Waals surface area (Å²) >= 11 is 0. The number of nitrogens with one attached hydrogen (secondary N) is 2. The number of nitrogens with zero attached hydrogens (tertiary/aromatic N) is 3. The lowest BCUT2D eigenvalue weighted by Crippen LogP contribution is -2.13. The van der Waals surface area contributed by atoms with Gasteiger partial charge in [-0.25, -0.2) is 8.78 Å². The van der Waals surface area contributed by atoms with Gasteiger partial charge in [0, 0.05) is 16.8 Å². The van der Waals surface area contributed by atoms with Crippen molar-refractivity contribution in [2.75, 3.05) is 5.32 Å². The molecule has 0 aliphatic carbocycles. The van der Waals surface area contributed by atoms with E-state index in [-0.39, 0.29) is 28.1 Å². The van der Waals surface area contributed by atoms with Crippen LogP contribution in [0.1, 0.15) is 29.7 Å². The number of halogens is 2. The van der Waals surface area contributed by atoms with Crippen LogP contribution in [0.15, 0.2) is 63.8 Å². The second kappa shape index (κ2) is 8.75. The van der Waals surface area contributed by atoms with Crippen LogP contribution in [0.5, 0.6) is 0 Å². The van der Waals surface area contributed by atoms with Crippen LogP contribution in [0.25, 0.3) is 33.7 Å². The maximum atomic E-state index is 14.7. The van der Waals surface area contributed by atoms with Crippen molar-refractivity contribution in [2.45, 2.75) is 26.8 Å². The molecule has 0 radical (unpaired) electrons. The molecule has 5 rings (SSSR count). The highest BCUT2D eigenvalue weighted by molar-refractivity contribution is 5.85. The fraction of sp³-hybridized carbons (Fsp3) is 0.154.